The number of rotatable bonds is 6. The van der Waals surface area contributed by atoms with Crippen molar-refractivity contribution < 1.29 is 14.5 Å². The van der Waals surface area contributed by atoms with Crippen LogP contribution in [0.5, 0.6) is 5.75 Å². The zero-order chi connectivity index (χ0) is 15.1. The summed E-state index contributed by atoms with van der Waals surface area (Å²) in [5.74, 6) is 0.749. The van der Waals surface area contributed by atoms with Crippen molar-refractivity contribution in [2.24, 2.45) is 5.16 Å². The molecule has 21 heavy (non-hydrogen) atoms. The maximum Gasteiger partial charge on any atom is 0.270 e. The minimum Gasteiger partial charge on any atom is -0.497 e. The summed E-state index contributed by atoms with van der Waals surface area (Å²) in [6.45, 7) is 0.294. The van der Waals surface area contributed by atoms with Crippen LogP contribution in [0.25, 0.3) is 0 Å². The lowest BCUT2D eigenvalue weighted by molar-refractivity contribution is -0.384. The molecule has 2 aromatic rings. The van der Waals surface area contributed by atoms with Crippen LogP contribution in [0, 0.1) is 10.1 Å². The molecule has 0 N–H and O–H groups in total. The van der Waals surface area contributed by atoms with Gasteiger partial charge in [-0.25, -0.2) is 0 Å². The Morgan fingerprint density at radius 3 is 2.81 bits per heavy atom. The van der Waals surface area contributed by atoms with Crippen molar-refractivity contribution in [1.29, 1.82) is 0 Å². The fourth-order valence-corrected chi connectivity index (χ4v) is 1.69. The van der Waals surface area contributed by atoms with Crippen LogP contribution in [-0.4, -0.2) is 18.2 Å². The third-order valence-electron chi connectivity index (χ3n) is 2.72. The molecule has 0 atom stereocenters. The molecule has 0 spiro atoms. The van der Waals surface area contributed by atoms with Crippen LogP contribution in [0.2, 0.25) is 0 Å². The molecule has 0 heterocycles. The van der Waals surface area contributed by atoms with Gasteiger partial charge in [0.1, 0.15) is 12.4 Å². The largest absolute Gasteiger partial charge is 0.497 e. The second kappa shape index (κ2) is 7.04. The van der Waals surface area contributed by atoms with Gasteiger partial charge in [-0.2, -0.15) is 0 Å². The van der Waals surface area contributed by atoms with E-state index in [2.05, 4.69) is 5.16 Å². The van der Waals surface area contributed by atoms with Gasteiger partial charge in [0.25, 0.3) is 5.69 Å². The fraction of sp³-hybridized carbons (Fsp3) is 0.133. The van der Waals surface area contributed by atoms with Gasteiger partial charge in [-0.3, -0.25) is 10.1 Å². The van der Waals surface area contributed by atoms with Crippen molar-refractivity contribution in [2.45, 2.75) is 6.61 Å². The van der Waals surface area contributed by atoms with Crippen LogP contribution < -0.4 is 4.74 Å². The maximum atomic E-state index is 10.6. The van der Waals surface area contributed by atoms with Gasteiger partial charge in [-0.1, -0.05) is 29.4 Å². The third-order valence-corrected chi connectivity index (χ3v) is 2.72. The first kappa shape index (κ1) is 14.5. The number of non-ortho nitro benzene ring substituents is 1. The van der Waals surface area contributed by atoms with E-state index in [4.69, 9.17) is 9.57 Å². The number of oxime groups is 1. The van der Waals surface area contributed by atoms with Gasteiger partial charge < -0.3 is 9.57 Å². The molecule has 0 unspecified atom stereocenters. The first-order valence-electron chi connectivity index (χ1n) is 6.22. The number of methoxy groups -OCH3 is 1. The lowest BCUT2D eigenvalue weighted by Gasteiger charge is -2.03. The Bertz CT molecular complexity index is 656. The quantitative estimate of drug-likeness (QED) is 0.464. The number of hydrogen-bond donors (Lipinski definition) is 0. The van der Waals surface area contributed by atoms with Crippen LogP contribution in [0.1, 0.15) is 11.1 Å². The van der Waals surface area contributed by atoms with Crippen molar-refractivity contribution in [2.75, 3.05) is 7.11 Å². The topological polar surface area (TPSA) is 74.0 Å². The molecule has 0 aliphatic rings. The molecule has 0 aromatic heterocycles. The van der Waals surface area contributed by atoms with Gasteiger partial charge in [0.2, 0.25) is 0 Å². The van der Waals surface area contributed by atoms with Crippen molar-refractivity contribution in [3.63, 3.8) is 0 Å². The molecule has 0 radical (unpaired) electrons. The molecular weight excluding hydrogens is 272 g/mol. The minimum atomic E-state index is -0.450. The summed E-state index contributed by atoms with van der Waals surface area (Å²) >= 11 is 0. The van der Waals surface area contributed by atoms with Gasteiger partial charge in [0, 0.05) is 17.7 Å². The number of benzene rings is 2. The van der Waals surface area contributed by atoms with E-state index in [9.17, 15) is 10.1 Å². The van der Waals surface area contributed by atoms with Gasteiger partial charge >= 0.3 is 0 Å². The van der Waals surface area contributed by atoms with E-state index >= 15 is 0 Å². The van der Waals surface area contributed by atoms with Crippen molar-refractivity contribution in [1.82, 2.24) is 0 Å². The average Bonchev–Trinajstić information content (AvgIpc) is 2.52. The van der Waals surface area contributed by atoms with Crippen LogP contribution in [0.3, 0.4) is 0 Å². The fourth-order valence-electron chi connectivity index (χ4n) is 1.69. The summed E-state index contributed by atoms with van der Waals surface area (Å²) in [4.78, 5) is 15.4. The van der Waals surface area contributed by atoms with Crippen LogP contribution in [0.4, 0.5) is 5.69 Å². The van der Waals surface area contributed by atoms with Gasteiger partial charge in [0.05, 0.1) is 18.2 Å². The first-order chi connectivity index (χ1) is 10.2. The lowest BCUT2D eigenvalue weighted by atomic mass is 10.2. The third kappa shape index (κ3) is 4.31. The highest BCUT2D eigenvalue weighted by Gasteiger charge is 2.03. The lowest BCUT2D eigenvalue weighted by Crippen LogP contribution is -1.91. The molecule has 108 valence electrons. The van der Waals surface area contributed by atoms with Crippen molar-refractivity contribution in [3.05, 3.63) is 69.8 Å². The number of nitrogens with zero attached hydrogens (tertiary/aromatic N) is 2. The Balaban J connectivity index is 1.93. The predicted molar refractivity (Wildman–Crippen MR) is 78.5 cm³/mol. The molecule has 0 saturated heterocycles. The van der Waals surface area contributed by atoms with Gasteiger partial charge in [-0.15, -0.1) is 0 Å². The molecule has 6 heteroatoms. The molecule has 0 aliphatic carbocycles. The summed E-state index contributed by atoms with van der Waals surface area (Å²) in [5, 5.41) is 14.5. The molecular formula is C15H14N2O4. The summed E-state index contributed by atoms with van der Waals surface area (Å²) in [6, 6.07) is 13.6. The summed E-state index contributed by atoms with van der Waals surface area (Å²) < 4.78 is 5.11. The number of nitro benzene ring substituents is 1. The Morgan fingerprint density at radius 2 is 2.05 bits per heavy atom. The number of ether oxygens (including phenoxy) is 1. The Morgan fingerprint density at radius 1 is 1.24 bits per heavy atom. The van der Waals surface area contributed by atoms with E-state index in [1.807, 2.05) is 24.3 Å². The van der Waals surface area contributed by atoms with Gasteiger partial charge in [-0.05, 0) is 17.7 Å². The van der Waals surface area contributed by atoms with Crippen LogP contribution in [-0.2, 0) is 11.4 Å². The summed E-state index contributed by atoms with van der Waals surface area (Å²) in [5.41, 5.74) is 1.55. The SMILES string of the molecule is COc1cccc(CO/N=C\c2cccc([N+](=O)[O-])c2)c1. The second-order valence-corrected chi connectivity index (χ2v) is 4.21. The van der Waals surface area contributed by atoms with E-state index in [1.54, 1.807) is 19.2 Å². The highest BCUT2D eigenvalue weighted by Crippen LogP contribution is 2.14. The molecule has 0 saturated carbocycles. The molecule has 2 rings (SSSR count). The molecule has 0 fully saturated rings. The summed E-state index contributed by atoms with van der Waals surface area (Å²) in [6.07, 6.45) is 1.44. The van der Waals surface area contributed by atoms with E-state index in [-0.39, 0.29) is 5.69 Å². The smallest absolute Gasteiger partial charge is 0.270 e. The first-order valence-corrected chi connectivity index (χ1v) is 6.22. The molecule has 2 aromatic carbocycles. The Hall–Kier alpha value is -2.89. The number of nitro groups is 1. The zero-order valence-corrected chi connectivity index (χ0v) is 11.4. The van der Waals surface area contributed by atoms with Gasteiger partial charge in [0.15, 0.2) is 0 Å². The summed E-state index contributed by atoms with van der Waals surface area (Å²) in [7, 11) is 1.60. The highest BCUT2D eigenvalue weighted by molar-refractivity contribution is 5.80. The molecule has 6 nitrogen and oxygen atoms in total. The van der Waals surface area contributed by atoms with Crippen molar-refractivity contribution in [3.8, 4) is 5.75 Å². The standard InChI is InChI=1S/C15H14N2O4/c1-20-15-7-3-5-13(9-15)11-21-16-10-12-4-2-6-14(8-12)17(18)19/h2-10H,11H2,1H3/b16-10-. The molecule has 0 aliphatic heterocycles. The Kier molecular flexibility index (Phi) is 4.87. The van der Waals surface area contributed by atoms with E-state index in [1.165, 1.54) is 18.3 Å². The maximum absolute atomic E-state index is 10.6. The minimum absolute atomic E-state index is 0.0201. The van der Waals surface area contributed by atoms with Crippen LogP contribution >= 0.6 is 0 Å². The van der Waals surface area contributed by atoms with E-state index < -0.39 is 4.92 Å². The van der Waals surface area contributed by atoms with Crippen LogP contribution in [0.15, 0.2) is 53.7 Å². The second-order valence-electron chi connectivity index (χ2n) is 4.21. The highest BCUT2D eigenvalue weighted by atomic mass is 16.6. The monoisotopic (exact) mass is 286 g/mol. The van der Waals surface area contributed by atoms with Crippen molar-refractivity contribution >= 4 is 11.9 Å². The molecule has 0 bridgehead atoms. The Labute approximate surface area is 121 Å². The predicted octanol–water partition coefficient (Wildman–Crippen LogP) is 3.15. The van der Waals surface area contributed by atoms with E-state index in [0.29, 0.717) is 12.2 Å². The normalized spacial score (nSPS) is 10.5. The average molecular weight is 286 g/mol. The van der Waals surface area contributed by atoms with E-state index in [0.717, 1.165) is 11.3 Å². The zero-order valence-electron chi connectivity index (χ0n) is 11.4. The number of hydrogen-bond acceptors (Lipinski definition) is 5. The molecule has 0 amide bonds.